The van der Waals surface area contributed by atoms with Crippen molar-refractivity contribution in [1.29, 1.82) is 0 Å². The average molecular weight is 455 g/mol. The molecule has 0 spiro atoms. The van der Waals surface area contributed by atoms with Gasteiger partial charge in [0.25, 0.3) is 15.9 Å². The van der Waals surface area contributed by atoms with E-state index in [1.54, 1.807) is 43.3 Å². The van der Waals surface area contributed by atoms with E-state index >= 15 is 0 Å². The highest BCUT2D eigenvalue weighted by atomic mass is 32.2. The summed E-state index contributed by atoms with van der Waals surface area (Å²) < 4.78 is 39.8. The third-order valence-electron chi connectivity index (χ3n) is 4.35. The molecule has 0 aliphatic rings. The van der Waals surface area contributed by atoms with Crippen LogP contribution in [0.1, 0.15) is 20.8 Å². The van der Waals surface area contributed by atoms with E-state index in [1.165, 1.54) is 24.3 Å². The molecule has 0 aliphatic heterocycles. The Balaban J connectivity index is 1.72. The number of ether oxygens (including phenoxy) is 2. The van der Waals surface area contributed by atoms with E-state index < -0.39 is 16.1 Å². The van der Waals surface area contributed by atoms with Gasteiger partial charge in [0.2, 0.25) is 0 Å². The van der Waals surface area contributed by atoms with Gasteiger partial charge in [-0.15, -0.1) is 0 Å². The maximum absolute atomic E-state index is 12.9. The summed E-state index contributed by atoms with van der Waals surface area (Å²) in [4.78, 5) is 12.1. The van der Waals surface area contributed by atoms with Gasteiger partial charge in [0.05, 0.1) is 10.6 Å². The van der Waals surface area contributed by atoms with Crippen LogP contribution < -0.4 is 19.5 Å². The van der Waals surface area contributed by atoms with Crippen molar-refractivity contribution in [3.63, 3.8) is 0 Å². The molecule has 0 radical (unpaired) electrons. The fourth-order valence-corrected chi connectivity index (χ4v) is 3.89. The number of carbonyl (C=O) groups is 1. The minimum absolute atomic E-state index is 0.000825. The predicted molar refractivity (Wildman–Crippen MR) is 124 cm³/mol. The molecule has 1 amide bonds. The molecule has 7 nitrogen and oxygen atoms in total. The zero-order chi connectivity index (χ0) is 23.1. The quantitative estimate of drug-likeness (QED) is 0.494. The van der Waals surface area contributed by atoms with Crippen molar-refractivity contribution in [2.24, 2.45) is 0 Å². The lowest BCUT2D eigenvalue weighted by Crippen LogP contribution is -2.40. The van der Waals surface area contributed by atoms with E-state index in [4.69, 9.17) is 9.47 Å². The Labute approximate surface area is 188 Å². The smallest absolute Gasteiger partial charge is 0.262 e. The van der Waals surface area contributed by atoms with Gasteiger partial charge in [0, 0.05) is 6.04 Å². The first-order valence-electron chi connectivity index (χ1n) is 10.2. The molecule has 0 heterocycles. The molecular formula is C24H26N2O5S. The van der Waals surface area contributed by atoms with Crippen molar-refractivity contribution in [1.82, 2.24) is 5.32 Å². The molecule has 3 aromatic carbocycles. The maximum Gasteiger partial charge on any atom is 0.262 e. The number of sulfonamides is 1. The van der Waals surface area contributed by atoms with Crippen molar-refractivity contribution >= 4 is 21.6 Å². The Morgan fingerprint density at radius 1 is 0.812 bits per heavy atom. The van der Waals surface area contributed by atoms with Crippen molar-refractivity contribution in [3.8, 4) is 17.2 Å². The van der Waals surface area contributed by atoms with Gasteiger partial charge in [-0.2, -0.15) is 0 Å². The number of anilines is 1. The van der Waals surface area contributed by atoms with E-state index in [-0.39, 0.29) is 16.8 Å². The molecule has 0 saturated heterocycles. The molecule has 3 aromatic rings. The van der Waals surface area contributed by atoms with Gasteiger partial charge in [-0.25, -0.2) is 8.42 Å². The zero-order valence-corrected chi connectivity index (χ0v) is 18.9. The number of nitrogens with one attached hydrogen (secondary N) is 2. The standard InChI is InChI=1S/C24H26N2O5S/c1-17(2)25-24(27)18(3)30-20-13-15-21(16-14-20)32(28,29)26-22-11-7-8-12-23(22)31-19-9-5-4-6-10-19/h4-18,26H,1-3H3,(H,25,27)/t18-/m1/s1. The minimum Gasteiger partial charge on any atom is -0.481 e. The molecule has 0 bridgehead atoms. The number of para-hydroxylation sites is 3. The van der Waals surface area contributed by atoms with Crippen LogP contribution in [-0.2, 0) is 14.8 Å². The summed E-state index contributed by atoms with van der Waals surface area (Å²) >= 11 is 0. The first-order valence-corrected chi connectivity index (χ1v) is 11.6. The summed E-state index contributed by atoms with van der Waals surface area (Å²) in [6, 6.07) is 21.8. The van der Waals surface area contributed by atoms with E-state index in [2.05, 4.69) is 10.0 Å². The van der Waals surface area contributed by atoms with Gasteiger partial charge in [-0.3, -0.25) is 9.52 Å². The minimum atomic E-state index is -3.87. The van der Waals surface area contributed by atoms with Crippen LogP contribution in [0.5, 0.6) is 17.2 Å². The Bertz CT molecular complexity index is 1150. The lowest BCUT2D eigenvalue weighted by molar-refractivity contribution is -0.127. The molecule has 0 saturated carbocycles. The van der Waals surface area contributed by atoms with Crippen LogP contribution in [0.2, 0.25) is 0 Å². The lowest BCUT2D eigenvalue weighted by atomic mass is 10.3. The van der Waals surface area contributed by atoms with Gasteiger partial charge >= 0.3 is 0 Å². The van der Waals surface area contributed by atoms with Crippen molar-refractivity contribution in [3.05, 3.63) is 78.9 Å². The number of rotatable bonds is 9. The highest BCUT2D eigenvalue weighted by molar-refractivity contribution is 7.92. The topological polar surface area (TPSA) is 93.7 Å². The monoisotopic (exact) mass is 454 g/mol. The Kier molecular flexibility index (Phi) is 7.37. The number of hydrogen-bond acceptors (Lipinski definition) is 5. The largest absolute Gasteiger partial charge is 0.481 e. The molecule has 168 valence electrons. The van der Waals surface area contributed by atoms with Crippen LogP contribution >= 0.6 is 0 Å². The third kappa shape index (κ3) is 6.24. The molecule has 1 atom stereocenters. The second-order valence-electron chi connectivity index (χ2n) is 7.41. The number of amides is 1. The summed E-state index contributed by atoms with van der Waals surface area (Å²) in [5, 5.41) is 2.77. The fourth-order valence-electron chi connectivity index (χ4n) is 2.82. The highest BCUT2D eigenvalue weighted by Crippen LogP contribution is 2.31. The van der Waals surface area contributed by atoms with Crippen LogP contribution in [0.4, 0.5) is 5.69 Å². The van der Waals surface area contributed by atoms with Crippen LogP contribution in [0, 0.1) is 0 Å². The molecule has 32 heavy (non-hydrogen) atoms. The number of carbonyl (C=O) groups excluding carboxylic acids is 1. The summed E-state index contributed by atoms with van der Waals surface area (Å²) in [7, 11) is -3.87. The maximum atomic E-state index is 12.9. The van der Waals surface area contributed by atoms with Gasteiger partial charge in [-0.1, -0.05) is 30.3 Å². The molecular weight excluding hydrogens is 428 g/mol. The number of benzene rings is 3. The number of hydrogen-bond donors (Lipinski definition) is 2. The summed E-state index contributed by atoms with van der Waals surface area (Å²) in [6.45, 7) is 5.36. The molecule has 3 rings (SSSR count). The Morgan fingerprint density at radius 3 is 2.09 bits per heavy atom. The highest BCUT2D eigenvalue weighted by Gasteiger charge is 2.19. The van der Waals surface area contributed by atoms with E-state index in [0.29, 0.717) is 22.9 Å². The average Bonchev–Trinajstić information content (AvgIpc) is 2.75. The molecule has 0 fully saturated rings. The Hall–Kier alpha value is -3.52. The lowest BCUT2D eigenvalue weighted by Gasteiger charge is -2.17. The predicted octanol–water partition coefficient (Wildman–Crippen LogP) is 4.57. The second-order valence-corrected chi connectivity index (χ2v) is 9.09. The summed E-state index contributed by atoms with van der Waals surface area (Å²) in [5.74, 6) is 1.13. The SMILES string of the molecule is CC(C)NC(=O)[C@@H](C)Oc1ccc(S(=O)(=O)Nc2ccccc2Oc2ccccc2)cc1. The van der Waals surface area contributed by atoms with Crippen LogP contribution in [0.3, 0.4) is 0 Å². The van der Waals surface area contributed by atoms with Gasteiger partial charge in [0.15, 0.2) is 11.9 Å². The van der Waals surface area contributed by atoms with E-state index in [0.717, 1.165) is 0 Å². The molecule has 0 unspecified atom stereocenters. The molecule has 8 heteroatoms. The fraction of sp³-hybridized carbons (Fsp3) is 0.208. The van der Waals surface area contributed by atoms with Crippen LogP contribution in [0.25, 0.3) is 0 Å². The van der Waals surface area contributed by atoms with E-state index in [9.17, 15) is 13.2 Å². The third-order valence-corrected chi connectivity index (χ3v) is 5.73. The van der Waals surface area contributed by atoms with Crippen molar-refractivity contribution < 1.29 is 22.7 Å². The van der Waals surface area contributed by atoms with Crippen molar-refractivity contribution in [2.75, 3.05) is 4.72 Å². The molecule has 0 aliphatic carbocycles. The normalized spacial score (nSPS) is 12.1. The zero-order valence-electron chi connectivity index (χ0n) is 18.1. The van der Waals surface area contributed by atoms with E-state index in [1.807, 2.05) is 32.0 Å². The van der Waals surface area contributed by atoms with Gasteiger partial charge in [-0.05, 0) is 69.3 Å². The first kappa shape index (κ1) is 23.1. The van der Waals surface area contributed by atoms with Crippen molar-refractivity contribution in [2.45, 2.75) is 37.8 Å². The van der Waals surface area contributed by atoms with Crippen LogP contribution in [-0.4, -0.2) is 26.5 Å². The van der Waals surface area contributed by atoms with Gasteiger partial charge in [0.1, 0.15) is 11.5 Å². The Morgan fingerprint density at radius 2 is 1.44 bits per heavy atom. The second kappa shape index (κ2) is 10.2. The van der Waals surface area contributed by atoms with Gasteiger partial charge < -0.3 is 14.8 Å². The van der Waals surface area contributed by atoms with Crippen LogP contribution in [0.15, 0.2) is 83.8 Å². The first-order chi connectivity index (χ1) is 15.2. The molecule has 2 N–H and O–H groups in total. The summed E-state index contributed by atoms with van der Waals surface area (Å²) in [6.07, 6.45) is -0.708. The molecule has 0 aromatic heterocycles. The summed E-state index contributed by atoms with van der Waals surface area (Å²) in [5.41, 5.74) is 0.315.